The van der Waals surface area contributed by atoms with Crippen molar-refractivity contribution in [1.29, 1.82) is 0 Å². The Morgan fingerprint density at radius 3 is 2.52 bits per heavy atom. The minimum absolute atomic E-state index is 0.0314. The SMILES string of the molecule is COc1ccc(/C=C/C(=O)Nc2ccc(N)c(F)c2)cc1OC. The first kappa shape index (κ1) is 16.4. The number of rotatable bonds is 5. The van der Waals surface area contributed by atoms with Crippen LogP contribution in [0, 0.1) is 5.82 Å². The Balaban J connectivity index is 2.07. The molecule has 0 spiro atoms. The van der Waals surface area contributed by atoms with E-state index in [0.717, 1.165) is 11.6 Å². The van der Waals surface area contributed by atoms with E-state index in [1.54, 1.807) is 31.4 Å². The molecule has 0 aromatic heterocycles. The summed E-state index contributed by atoms with van der Waals surface area (Å²) in [4.78, 5) is 11.9. The Hall–Kier alpha value is -3.02. The molecule has 0 unspecified atom stereocenters. The second-order valence-corrected chi connectivity index (χ2v) is 4.67. The van der Waals surface area contributed by atoms with Gasteiger partial charge in [-0.15, -0.1) is 0 Å². The number of benzene rings is 2. The van der Waals surface area contributed by atoms with Crippen LogP contribution in [0.3, 0.4) is 0 Å². The van der Waals surface area contributed by atoms with Crippen molar-refractivity contribution in [2.45, 2.75) is 0 Å². The second kappa shape index (κ2) is 7.31. The van der Waals surface area contributed by atoms with Crippen molar-refractivity contribution >= 4 is 23.4 Å². The zero-order chi connectivity index (χ0) is 16.8. The Kier molecular flexibility index (Phi) is 5.19. The third-order valence-corrected chi connectivity index (χ3v) is 3.10. The third kappa shape index (κ3) is 4.23. The number of hydrogen-bond acceptors (Lipinski definition) is 4. The number of amides is 1. The zero-order valence-corrected chi connectivity index (χ0v) is 12.8. The molecule has 5 nitrogen and oxygen atoms in total. The maximum atomic E-state index is 13.3. The minimum atomic E-state index is -0.577. The molecular formula is C17H17FN2O3. The van der Waals surface area contributed by atoms with Gasteiger partial charge in [-0.1, -0.05) is 6.07 Å². The number of nitrogens with one attached hydrogen (secondary N) is 1. The van der Waals surface area contributed by atoms with Crippen LogP contribution in [0.5, 0.6) is 11.5 Å². The molecule has 120 valence electrons. The van der Waals surface area contributed by atoms with E-state index in [1.807, 2.05) is 0 Å². The molecule has 0 heterocycles. The Labute approximate surface area is 133 Å². The molecule has 23 heavy (non-hydrogen) atoms. The van der Waals surface area contributed by atoms with Crippen molar-refractivity contribution < 1.29 is 18.7 Å². The van der Waals surface area contributed by atoms with Gasteiger partial charge in [0.05, 0.1) is 19.9 Å². The monoisotopic (exact) mass is 316 g/mol. The van der Waals surface area contributed by atoms with E-state index in [2.05, 4.69) is 5.32 Å². The van der Waals surface area contributed by atoms with Crippen LogP contribution < -0.4 is 20.5 Å². The van der Waals surface area contributed by atoms with Crippen LogP contribution in [0.2, 0.25) is 0 Å². The predicted molar refractivity (Wildman–Crippen MR) is 88.0 cm³/mol. The van der Waals surface area contributed by atoms with Crippen LogP contribution in [-0.2, 0) is 4.79 Å². The molecule has 0 aliphatic heterocycles. The lowest BCUT2D eigenvalue weighted by Crippen LogP contribution is -2.08. The van der Waals surface area contributed by atoms with Gasteiger partial charge in [0.1, 0.15) is 5.82 Å². The Bertz CT molecular complexity index is 745. The molecule has 0 aliphatic carbocycles. The summed E-state index contributed by atoms with van der Waals surface area (Å²) in [6.45, 7) is 0. The summed E-state index contributed by atoms with van der Waals surface area (Å²) in [5, 5.41) is 2.55. The van der Waals surface area contributed by atoms with Gasteiger partial charge in [0, 0.05) is 11.8 Å². The fraction of sp³-hybridized carbons (Fsp3) is 0.118. The lowest BCUT2D eigenvalue weighted by molar-refractivity contribution is -0.111. The molecule has 6 heteroatoms. The Morgan fingerprint density at radius 2 is 1.87 bits per heavy atom. The summed E-state index contributed by atoms with van der Waals surface area (Å²) in [5.41, 5.74) is 6.51. The molecule has 2 aromatic rings. The van der Waals surface area contributed by atoms with Gasteiger partial charge in [-0.25, -0.2) is 4.39 Å². The van der Waals surface area contributed by atoms with Crippen LogP contribution in [0.1, 0.15) is 5.56 Å². The quantitative estimate of drug-likeness (QED) is 0.657. The second-order valence-electron chi connectivity index (χ2n) is 4.67. The molecule has 0 saturated heterocycles. The first-order chi connectivity index (χ1) is 11.0. The topological polar surface area (TPSA) is 73.6 Å². The van der Waals surface area contributed by atoms with E-state index >= 15 is 0 Å². The van der Waals surface area contributed by atoms with Gasteiger partial charge in [-0.05, 0) is 42.0 Å². The molecule has 0 radical (unpaired) electrons. The number of carbonyl (C=O) groups is 1. The molecule has 0 aliphatic rings. The summed E-state index contributed by atoms with van der Waals surface area (Å²) in [6, 6.07) is 9.35. The van der Waals surface area contributed by atoms with E-state index < -0.39 is 5.82 Å². The van der Waals surface area contributed by atoms with Crippen molar-refractivity contribution in [2.24, 2.45) is 0 Å². The van der Waals surface area contributed by atoms with Gasteiger partial charge >= 0.3 is 0 Å². The number of nitrogen functional groups attached to an aromatic ring is 1. The van der Waals surface area contributed by atoms with Gasteiger partial charge < -0.3 is 20.5 Å². The molecule has 3 N–H and O–H groups in total. The van der Waals surface area contributed by atoms with Crippen molar-refractivity contribution in [3.05, 3.63) is 53.9 Å². The molecule has 0 saturated carbocycles. The summed E-state index contributed by atoms with van der Waals surface area (Å²) >= 11 is 0. The van der Waals surface area contributed by atoms with Crippen LogP contribution in [-0.4, -0.2) is 20.1 Å². The number of nitrogens with two attached hydrogens (primary N) is 1. The van der Waals surface area contributed by atoms with Gasteiger partial charge in [-0.3, -0.25) is 4.79 Å². The molecule has 0 fully saturated rings. The molecular weight excluding hydrogens is 299 g/mol. The molecule has 1 amide bonds. The fourth-order valence-corrected chi connectivity index (χ4v) is 1.92. The minimum Gasteiger partial charge on any atom is -0.493 e. The van der Waals surface area contributed by atoms with E-state index in [0.29, 0.717) is 17.2 Å². The third-order valence-electron chi connectivity index (χ3n) is 3.10. The van der Waals surface area contributed by atoms with Crippen LogP contribution in [0.15, 0.2) is 42.5 Å². The fourth-order valence-electron chi connectivity index (χ4n) is 1.92. The van der Waals surface area contributed by atoms with E-state index in [1.165, 1.54) is 25.3 Å². The van der Waals surface area contributed by atoms with Crippen molar-refractivity contribution in [3.8, 4) is 11.5 Å². The van der Waals surface area contributed by atoms with Gasteiger partial charge in [0.25, 0.3) is 0 Å². The van der Waals surface area contributed by atoms with Crippen LogP contribution in [0.25, 0.3) is 6.08 Å². The van der Waals surface area contributed by atoms with Crippen LogP contribution >= 0.6 is 0 Å². The predicted octanol–water partition coefficient (Wildman–Crippen LogP) is 3.08. The average Bonchev–Trinajstić information content (AvgIpc) is 2.56. The van der Waals surface area contributed by atoms with Gasteiger partial charge in [-0.2, -0.15) is 0 Å². The highest BCUT2D eigenvalue weighted by molar-refractivity contribution is 6.02. The highest BCUT2D eigenvalue weighted by Gasteiger charge is 2.04. The lowest BCUT2D eigenvalue weighted by Gasteiger charge is -2.07. The number of hydrogen-bond donors (Lipinski definition) is 2. The standard InChI is InChI=1S/C17H17FN2O3/c1-22-15-7-3-11(9-16(15)23-2)4-8-17(21)20-12-5-6-14(19)13(18)10-12/h3-10H,19H2,1-2H3,(H,20,21)/b8-4+. The highest BCUT2D eigenvalue weighted by atomic mass is 19.1. The van der Waals surface area contributed by atoms with Gasteiger partial charge in [0.15, 0.2) is 11.5 Å². The van der Waals surface area contributed by atoms with Crippen molar-refractivity contribution in [1.82, 2.24) is 0 Å². The number of anilines is 2. The number of methoxy groups -OCH3 is 2. The maximum Gasteiger partial charge on any atom is 0.248 e. The van der Waals surface area contributed by atoms with Gasteiger partial charge in [0.2, 0.25) is 5.91 Å². The van der Waals surface area contributed by atoms with E-state index in [-0.39, 0.29) is 11.6 Å². The Morgan fingerprint density at radius 1 is 1.13 bits per heavy atom. The van der Waals surface area contributed by atoms with Crippen molar-refractivity contribution in [3.63, 3.8) is 0 Å². The number of carbonyl (C=O) groups excluding carboxylic acids is 1. The van der Waals surface area contributed by atoms with Crippen LogP contribution in [0.4, 0.5) is 15.8 Å². The largest absolute Gasteiger partial charge is 0.493 e. The summed E-state index contributed by atoms with van der Waals surface area (Å²) in [7, 11) is 3.08. The van der Waals surface area contributed by atoms with E-state index in [9.17, 15) is 9.18 Å². The number of ether oxygens (including phenoxy) is 2. The summed E-state index contributed by atoms with van der Waals surface area (Å²) < 4.78 is 23.6. The normalized spacial score (nSPS) is 10.6. The molecule has 0 atom stereocenters. The first-order valence-electron chi connectivity index (χ1n) is 6.79. The summed E-state index contributed by atoms with van der Waals surface area (Å²) in [5.74, 6) is 0.206. The zero-order valence-electron chi connectivity index (χ0n) is 12.8. The van der Waals surface area contributed by atoms with E-state index in [4.69, 9.17) is 15.2 Å². The number of halogens is 1. The molecule has 2 rings (SSSR count). The summed E-state index contributed by atoms with van der Waals surface area (Å²) in [6.07, 6.45) is 2.96. The average molecular weight is 316 g/mol. The highest BCUT2D eigenvalue weighted by Crippen LogP contribution is 2.28. The molecule has 0 bridgehead atoms. The van der Waals surface area contributed by atoms with Crippen molar-refractivity contribution in [2.75, 3.05) is 25.3 Å². The smallest absolute Gasteiger partial charge is 0.248 e. The first-order valence-corrected chi connectivity index (χ1v) is 6.79. The molecule has 2 aromatic carbocycles. The maximum absolute atomic E-state index is 13.3. The lowest BCUT2D eigenvalue weighted by atomic mass is 10.2.